The highest BCUT2D eigenvalue weighted by Crippen LogP contribution is 2.42. The number of carbonyl (C=O) groups excluding carboxylic acids is 1. The predicted molar refractivity (Wildman–Crippen MR) is 130 cm³/mol. The van der Waals surface area contributed by atoms with Crippen molar-refractivity contribution in [2.75, 3.05) is 26.2 Å². The van der Waals surface area contributed by atoms with E-state index in [1.807, 2.05) is 35.2 Å². The van der Waals surface area contributed by atoms with Crippen molar-refractivity contribution in [1.82, 2.24) is 19.8 Å². The number of aromatic nitrogens is 2. The second-order valence-corrected chi connectivity index (χ2v) is 8.89. The molecular weight excluding hydrogens is 424 g/mol. The Morgan fingerprint density at radius 3 is 2.38 bits per heavy atom. The van der Waals surface area contributed by atoms with Gasteiger partial charge in [0.25, 0.3) is 5.91 Å². The van der Waals surface area contributed by atoms with Crippen molar-refractivity contribution in [2.24, 2.45) is 0 Å². The van der Waals surface area contributed by atoms with Crippen molar-refractivity contribution in [3.63, 3.8) is 0 Å². The molecule has 34 heavy (non-hydrogen) atoms. The van der Waals surface area contributed by atoms with Crippen molar-refractivity contribution in [1.29, 1.82) is 0 Å². The second kappa shape index (κ2) is 10.2. The van der Waals surface area contributed by atoms with Gasteiger partial charge in [0.05, 0.1) is 12.2 Å². The minimum absolute atomic E-state index is 0.0298. The molecule has 0 radical (unpaired) electrons. The van der Waals surface area contributed by atoms with Crippen LogP contribution in [0.3, 0.4) is 0 Å². The highest BCUT2D eigenvalue weighted by molar-refractivity contribution is 5.93. The lowest BCUT2D eigenvalue weighted by Crippen LogP contribution is -2.67. The number of benzene rings is 1. The summed E-state index contributed by atoms with van der Waals surface area (Å²) in [5.74, 6) is 6.54. The predicted octanol–water partition coefficient (Wildman–Crippen LogP) is 2.94. The van der Waals surface area contributed by atoms with E-state index in [-0.39, 0.29) is 30.5 Å². The molecule has 3 aromatic rings. The number of pyridine rings is 2. The second-order valence-electron chi connectivity index (χ2n) is 8.89. The van der Waals surface area contributed by atoms with E-state index in [0.717, 1.165) is 37.1 Å². The average Bonchev–Trinajstić information content (AvgIpc) is 2.88. The fourth-order valence-corrected chi connectivity index (χ4v) is 5.17. The van der Waals surface area contributed by atoms with Crippen LogP contribution < -0.4 is 0 Å². The van der Waals surface area contributed by atoms with E-state index >= 15 is 0 Å². The number of carbonyl (C=O) groups is 1. The van der Waals surface area contributed by atoms with Gasteiger partial charge in [0.15, 0.2) is 0 Å². The van der Waals surface area contributed by atoms with Crippen LogP contribution in [-0.4, -0.2) is 69.1 Å². The monoisotopic (exact) mass is 452 g/mol. The summed E-state index contributed by atoms with van der Waals surface area (Å²) in [5, 5.41) is 10.2. The van der Waals surface area contributed by atoms with Crippen molar-refractivity contribution in [3.8, 4) is 11.8 Å². The number of hydrogen-bond donors (Lipinski definition) is 1. The van der Waals surface area contributed by atoms with Gasteiger partial charge in [0, 0.05) is 67.0 Å². The number of hydrogen-bond acceptors (Lipinski definition) is 5. The largest absolute Gasteiger partial charge is 0.395 e. The summed E-state index contributed by atoms with van der Waals surface area (Å²) in [4.78, 5) is 25.7. The zero-order valence-electron chi connectivity index (χ0n) is 19.0. The summed E-state index contributed by atoms with van der Waals surface area (Å²) in [5.41, 5.74) is 3.63. The van der Waals surface area contributed by atoms with E-state index in [0.29, 0.717) is 12.1 Å². The molecular formula is C28H28N4O2. The standard InChI is InChI=1S/C28H28N4O2/c33-20-26-27(23-11-9-21(10-12-23)7-8-22-5-3-13-29-17-22)25-19-31(15-1-2-16-32(25)26)28(34)24-6-4-14-30-18-24/h3-6,9-14,17-18,25-27,33H,1-2,15-16,19-20H2/t25-,26+,27+/m0/s1. The number of nitrogens with zero attached hydrogens (tertiary/aromatic N) is 4. The lowest BCUT2D eigenvalue weighted by atomic mass is 9.74. The van der Waals surface area contributed by atoms with Crippen molar-refractivity contribution < 1.29 is 9.90 Å². The zero-order chi connectivity index (χ0) is 23.3. The van der Waals surface area contributed by atoms with Crippen LogP contribution in [-0.2, 0) is 0 Å². The van der Waals surface area contributed by atoms with Gasteiger partial charge in [0.2, 0.25) is 0 Å². The molecule has 0 aliphatic carbocycles. The van der Waals surface area contributed by atoms with E-state index in [4.69, 9.17) is 0 Å². The number of rotatable bonds is 3. The van der Waals surface area contributed by atoms with Crippen LogP contribution in [0, 0.1) is 11.8 Å². The first-order valence-corrected chi connectivity index (χ1v) is 11.8. The number of aliphatic hydroxyl groups excluding tert-OH is 1. The Hall–Kier alpha value is -3.53. The molecule has 172 valence electrons. The molecule has 0 spiro atoms. The minimum atomic E-state index is 0.0298. The molecule has 2 saturated heterocycles. The third-order valence-electron chi connectivity index (χ3n) is 6.87. The molecule has 1 amide bonds. The van der Waals surface area contributed by atoms with Gasteiger partial charge in [-0.25, -0.2) is 0 Å². The molecule has 2 aromatic heterocycles. The Labute approximate surface area is 200 Å². The number of aliphatic hydroxyl groups is 1. The molecule has 2 fully saturated rings. The Kier molecular flexibility index (Phi) is 6.66. The van der Waals surface area contributed by atoms with Gasteiger partial charge in [-0.2, -0.15) is 0 Å². The first-order chi connectivity index (χ1) is 16.7. The Bertz CT molecular complexity index is 1170. The normalized spacial score (nSPS) is 22.4. The Morgan fingerprint density at radius 1 is 0.941 bits per heavy atom. The maximum absolute atomic E-state index is 13.2. The lowest BCUT2D eigenvalue weighted by molar-refractivity contribution is -0.0606. The molecule has 4 heterocycles. The van der Waals surface area contributed by atoms with E-state index < -0.39 is 0 Å². The lowest BCUT2D eigenvalue weighted by Gasteiger charge is -2.57. The molecule has 0 saturated carbocycles. The summed E-state index contributed by atoms with van der Waals surface area (Å²) < 4.78 is 0. The van der Waals surface area contributed by atoms with Crippen LogP contribution in [0.25, 0.3) is 0 Å². The van der Waals surface area contributed by atoms with E-state index in [1.54, 1.807) is 30.9 Å². The molecule has 2 aliphatic heterocycles. The van der Waals surface area contributed by atoms with E-state index in [9.17, 15) is 9.90 Å². The van der Waals surface area contributed by atoms with Crippen molar-refractivity contribution in [2.45, 2.75) is 30.8 Å². The van der Waals surface area contributed by atoms with Crippen molar-refractivity contribution in [3.05, 3.63) is 95.6 Å². The number of fused-ring (bicyclic) bond motifs is 1. The fraction of sp³-hybridized carbons (Fsp3) is 0.321. The third kappa shape index (κ3) is 4.58. The zero-order valence-corrected chi connectivity index (χ0v) is 19.0. The minimum Gasteiger partial charge on any atom is -0.395 e. The maximum Gasteiger partial charge on any atom is 0.255 e. The Balaban J connectivity index is 1.35. The molecule has 0 bridgehead atoms. The molecule has 0 unspecified atom stereocenters. The first-order valence-electron chi connectivity index (χ1n) is 11.8. The topological polar surface area (TPSA) is 69.6 Å². The third-order valence-corrected chi connectivity index (χ3v) is 6.87. The maximum atomic E-state index is 13.2. The van der Waals surface area contributed by atoms with Crippen LogP contribution in [0.4, 0.5) is 0 Å². The van der Waals surface area contributed by atoms with E-state index in [1.165, 1.54) is 5.56 Å². The fourth-order valence-electron chi connectivity index (χ4n) is 5.17. The summed E-state index contributed by atoms with van der Waals surface area (Å²) in [7, 11) is 0. The van der Waals surface area contributed by atoms with Gasteiger partial charge < -0.3 is 10.0 Å². The van der Waals surface area contributed by atoms with Crippen LogP contribution >= 0.6 is 0 Å². The highest BCUT2D eigenvalue weighted by atomic mass is 16.3. The SMILES string of the molecule is O=C(c1cccnc1)N1CCCCN2[C@H](CO)[C@H](c3ccc(C#Cc4cccnc4)cc3)[C@@H]2C1. The molecule has 6 heteroatoms. The summed E-state index contributed by atoms with van der Waals surface area (Å²) in [6, 6.07) is 16.0. The van der Waals surface area contributed by atoms with Gasteiger partial charge >= 0.3 is 0 Å². The van der Waals surface area contributed by atoms with E-state index in [2.05, 4.69) is 38.8 Å². The highest BCUT2D eigenvalue weighted by Gasteiger charge is 2.49. The molecule has 2 aliphatic rings. The Morgan fingerprint density at radius 2 is 1.68 bits per heavy atom. The van der Waals surface area contributed by atoms with Crippen LogP contribution in [0.1, 0.15) is 45.8 Å². The van der Waals surface area contributed by atoms with Crippen molar-refractivity contribution >= 4 is 5.91 Å². The molecule has 1 aromatic carbocycles. The average molecular weight is 453 g/mol. The van der Waals surface area contributed by atoms with Gasteiger partial charge in [-0.15, -0.1) is 0 Å². The van der Waals surface area contributed by atoms with Gasteiger partial charge in [-0.3, -0.25) is 19.7 Å². The van der Waals surface area contributed by atoms with Crippen LogP contribution in [0.5, 0.6) is 0 Å². The quantitative estimate of drug-likeness (QED) is 0.619. The van der Waals surface area contributed by atoms with Crippen LogP contribution in [0.15, 0.2) is 73.3 Å². The first kappa shape index (κ1) is 22.3. The summed E-state index contributed by atoms with van der Waals surface area (Å²) in [6.45, 7) is 2.46. The smallest absolute Gasteiger partial charge is 0.255 e. The number of amides is 1. The molecule has 5 rings (SSSR count). The molecule has 6 nitrogen and oxygen atoms in total. The van der Waals surface area contributed by atoms with Gasteiger partial charge in [0.1, 0.15) is 0 Å². The molecule has 3 atom stereocenters. The summed E-state index contributed by atoms with van der Waals surface area (Å²) in [6.07, 6.45) is 8.79. The summed E-state index contributed by atoms with van der Waals surface area (Å²) >= 11 is 0. The van der Waals surface area contributed by atoms with Gasteiger partial charge in [-0.1, -0.05) is 24.0 Å². The van der Waals surface area contributed by atoms with Gasteiger partial charge in [-0.05, 0) is 61.3 Å². The van der Waals surface area contributed by atoms with Crippen LogP contribution in [0.2, 0.25) is 0 Å². The molecule has 1 N–H and O–H groups in total.